The Morgan fingerprint density at radius 3 is 2.44 bits per heavy atom. The summed E-state index contributed by atoms with van der Waals surface area (Å²) >= 11 is 0. The molecule has 0 aromatic rings. The van der Waals surface area contributed by atoms with Crippen LogP contribution >= 0.6 is 0 Å². The van der Waals surface area contributed by atoms with Crippen LogP contribution in [0.4, 0.5) is 4.79 Å². The van der Waals surface area contributed by atoms with Crippen molar-refractivity contribution in [1.29, 1.82) is 0 Å². The van der Waals surface area contributed by atoms with Gasteiger partial charge in [0.05, 0.1) is 6.10 Å². The quantitative estimate of drug-likeness (QED) is 0.737. The van der Waals surface area contributed by atoms with Gasteiger partial charge in [0, 0.05) is 13.1 Å². The zero-order chi connectivity index (χ0) is 12.8. The van der Waals surface area contributed by atoms with Gasteiger partial charge >= 0.3 is 6.09 Å². The Bertz CT molecular complexity index is 212. The van der Waals surface area contributed by atoms with E-state index in [0.29, 0.717) is 6.42 Å². The molecule has 0 aromatic carbocycles. The first-order valence-electron chi connectivity index (χ1n) is 5.50. The predicted molar refractivity (Wildman–Crippen MR) is 63.4 cm³/mol. The Hall–Kier alpha value is -0.810. The molecule has 0 bridgehead atoms. The third kappa shape index (κ3) is 9.73. The van der Waals surface area contributed by atoms with Gasteiger partial charge in [0.15, 0.2) is 0 Å². The molecule has 16 heavy (non-hydrogen) atoms. The molecule has 0 spiro atoms. The summed E-state index contributed by atoms with van der Waals surface area (Å²) in [6.07, 6.45) is -0.394. The van der Waals surface area contributed by atoms with Crippen molar-refractivity contribution in [3.8, 4) is 0 Å². The standard InChI is InChI=1S/C11H24N2O3/c1-11(2,3)16-10(15)12-8-9(14)6-7-13(4)5/h9,14H,6-8H2,1-5H3,(H,12,15). The smallest absolute Gasteiger partial charge is 0.407 e. The summed E-state index contributed by atoms with van der Waals surface area (Å²) in [7, 11) is 3.88. The van der Waals surface area contributed by atoms with Crippen LogP contribution in [-0.2, 0) is 4.74 Å². The van der Waals surface area contributed by atoms with E-state index in [-0.39, 0.29) is 6.54 Å². The number of carbonyl (C=O) groups excluding carboxylic acids is 1. The second-order valence-corrected chi connectivity index (χ2v) is 5.13. The Balaban J connectivity index is 3.67. The molecule has 0 heterocycles. The summed E-state index contributed by atoms with van der Waals surface area (Å²) < 4.78 is 5.04. The fourth-order valence-electron chi connectivity index (χ4n) is 1.02. The van der Waals surface area contributed by atoms with Gasteiger partial charge in [-0.2, -0.15) is 0 Å². The molecule has 0 aromatic heterocycles. The highest BCUT2D eigenvalue weighted by molar-refractivity contribution is 5.67. The van der Waals surface area contributed by atoms with Crippen LogP contribution in [0.25, 0.3) is 0 Å². The maximum Gasteiger partial charge on any atom is 0.407 e. The van der Waals surface area contributed by atoms with Gasteiger partial charge in [-0.3, -0.25) is 0 Å². The maximum absolute atomic E-state index is 11.2. The molecule has 0 rings (SSSR count). The molecule has 2 N–H and O–H groups in total. The third-order valence-electron chi connectivity index (χ3n) is 1.79. The molecule has 0 radical (unpaired) electrons. The van der Waals surface area contributed by atoms with Gasteiger partial charge in [0.1, 0.15) is 5.60 Å². The van der Waals surface area contributed by atoms with Crippen molar-refractivity contribution in [2.24, 2.45) is 0 Å². The van der Waals surface area contributed by atoms with Crippen LogP contribution in [0.15, 0.2) is 0 Å². The minimum atomic E-state index is -0.532. The maximum atomic E-state index is 11.2. The SMILES string of the molecule is CN(C)CCC(O)CNC(=O)OC(C)(C)C. The number of hydrogen-bond donors (Lipinski definition) is 2. The fraction of sp³-hybridized carbons (Fsp3) is 0.909. The van der Waals surface area contributed by atoms with Gasteiger partial charge in [-0.15, -0.1) is 0 Å². The van der Waals surface area contributed by atoms with E-state index in [4.69, 9.17) is 4.74 Å². The third-order valence-corrected chi connectivity index (χ3v) is 1.79. The molecule has 0 aliphatic carbocycles. The van der Waals surface area contributed by atoms with Crippen LogP contribution < -0.4 is 5.32 Å². The molecule has 1 amide bonds. The van der Waals surface area contributed by atoms with Crippen molar-refractivity contribution in [2.45, 2.75) is 38.9 Å². The van der Waals surface area contributed by atoms with Gasteiger partial charge in [-0.25, -0.2) is 4.79 Å². The summed E-state index contributed by atoms with van der Waals surface area (Å²) in [6, 6.07) is 0. The monoisotopic (exact) mass is 232 g/mol. The van der Waals surface area contributed by atoms with Crippen LogP contribution in [-0.4, -0.2) is 55.0 Å². The van der Waals surface area contributed by atoms with E-state index >= 15 is 0 Å². The molecular formula is C11H24N2O3. The number of carbonyl (C=O) groups is 1. The normalized spacial score (nSPS) is 13.7. The van der Waals surface area contributed by atoms with Gasteiger partial charge in [0.2, 0.25) is 0 Å². The summed E-state index contributed by atoms with van der Waals surface area (Å²) in [5.74, 6) is 0. The minimum absolute atomic E-state index is 0.225. The number of aliphatic hydroxyl groups excluding tert-OH is 1. The van der Waals surface area contributed by atoms with E-state index in [1.807, 2.05) is 19.0 Å². The van der Waals surface area contributed by atoms with Gasteiger partial charge in [0.25, 0.3) is 0 Å². The number of ether oxygens (including phenoxy) is 1. The zero-order valence-corrected chi connectivity index (χ0v) is 10.9. The van der Waals surface area contributed by atoms with Gasteiger partial charge < -0.3 is 20.1 Å². The topological polar surface area (TPSA) is 61.8 Å². The summed E-state index contributed by atoms with van der Waals surface area (Å²) in [5.41, 5.74) is -0.501. The van der Waals surface area contributed by atoms with Crippen molar-refractivity contribution >= 4 is 6.09 Å². The van der Waals surface area contributed by atoms with Crippen molar-refractivity contribution in [3.05, 3.63) is 0 Å². The van der Waals surface area contributed by atoms with E-state index < -0.39 is 17.8 Å². The molecular weight excluding hydrogens is 208 g/mol. The van der Waals surface area contributed by atoms with Crippen molar-refractivity contribution < 1.29 is 14.6 Å². The highest BCUT2D eigenvalue weighted by Crippen LogP contribution is 2.06. The van der Waals surface area contributed by atoms with E-state index in [9.17, 15) is 9.90 Å². The van der Waals surface area contributed by atoms with Crippen LogP contribution in [0.3, 0.4) is 0 Å². The number of alkyl carbamates (subject to hydrolysis) is 1. The molecule has 0 fully saturated rings. The Morgan fingerprint density at radius 2 is 2.00 bits per heavy atom. The van der Waals surface area contributed by atoms with Gasteiger partial charge in [-0.1, -0.05) is 0 Å². The van der Waals surface area contributed by atoms with Crippen LogP contribution in [0.2, 0.25) is 0 Å². The van der Waals surface area contributed by atoms with Crippen molar-refractivity contribution in [3.63, 3.8) is 0 Å². The molecule has 0 saturated carbocycles. The lowest BCUT2D eigenvalue weighted by molar-refractivity contribution is 0.0485. The number of hydrogen-bond acceptors (Lipinski definition) is 4. The number of amides is 1. The molecule has 5 nitrogen and oxygen atoms in total. The predicted octanol–water partition coefficient (Wildman–Crippen LogP) is 0.824. The minimum Gasteiger partial charge on any atom is -0.444 e. The Morgan fingerprint density at radius 1 is 1.44 bits per heavy atom. The lowest BCUT2D eigenvalue weighted by Gasteiger charge is -2.21. The van der Waals surface area contributed by atoms with Crippen LogP contribution in [0, 0.1) is 0 Å². The first-order valence-corrected chi connectivity index (χ1v) is 5.50. The lowest BCUT2D eigenvalue weighted by Crippen LogP contribution is -2.37. The first kappa shape index (κ1) is 15.2. The number of rotatable bonds is 5. The largest absolute Gasteiger partial charge is 0.444 e. The zero-order valence-electron chi connectivity index (χ0n) is 10.9. The second-order valence-electron chi connectivity index (χ2n) is 5.13. The van der Waals surface area contributed by atoms with Gasteiger partial charge in [-0.05, 0) is 41.3 Å². The fourth-order valence-corrected chi connectivity index (χ4v) is 1.02. The van der Waals surface area contributed by atoms with Crippen LogP contribution in [0.1, 0.15) is 27.2 Å². The number of nitrogens with zero attached hydrogens (tertiary/aromatic N) is 1. The molecule has 96 valence electrons. The summed E-state index contributed by atoms with van der Waals surface area (Å²) in [5, 5.41) is 12.1. The molecule has 0 aliphatic rings. The van der Waals surface area contributed by atoms with Crippen molar-refractivity contribution in [1.82, 2.24) is 10.2 Å². The first-order chi connectivity index (χ1) is 7.20. The Kier molecular flexibility index (Phi) is 6.36. The average Bonchev–Trinajstić information content (AvgIpc) is 2.08. The number of nitrogens with one attached hydrogen (secondary N) is 1. The van der Waals surface area contributed by atoms with E-state index in [1.54, 1.807) is 20.8 Å². The van der Waals surface area contributed by atoms with Crippen molar-refractivity contribution in [2.75, 3.05) is 27.2 Å². The highest BCUT2D eigenvalue weighted by atomic mass is 16.6. The average molecular weight is 232 g/mol. The lowest BCUT2D eigenvalue weighted by atomic mass is 10.2. The van der Waals surface area contributed by atoms with Crippen LogP contribution in [0.5, 0.6) is 0 Å². The molecule has 1 atom stereocenters. The number of aliphatic hydroxyl groups is 1. The van der Waals surface area contributed by atoms with E-state index in [1.165, 1.54) is 0 Å². The second kappa shape index (κ2) is 6.70. The summed E-state index contributed by atoms with van der Waals surface area (Å²) in [6.45, 7) is 6.42. The highest BCUT2D eigenvalue weighted by Gasteiger charge is 2.16. The summed E-state index contributed by atoms with van der Waals surface area (Å²) in [4.78, 5) is 13.2. The Labute approximate surface area is 97.8 Å². The molecule has 0 aliphatic heterocycles. The molecule has 1 unspecified atom stereocenters. The van der Waals surface area contributed by atoms with E-state index in [0.717, 1.165) is 6.54 Å². The molecule has 5 heteroatoms. The molecule has 0 saturated heterocycles. The van der Waals surface area contributed by atoms with E-state index in [2.05, 4.69) is 5.32 Å².